The van der Waals surface area contributed by atoms with Crippen LogP contribution >= 0.6 is 0 Å². The molecular formula is C20H27FN4O. The predicted molar refractivity (Wildman–Crippen MR) is 101 cm³/mol. The molecule has 2 heterocycles. The summed E-state index contributed by atoms with van der Waals surface area (Å²) >= 11 is 0. The van der Waals surface area contributed by atoms with E-state index in [1.54, 1.807) is 12.1 Å². The van der Waals surface area contributed by atoms with Gasteiger partial charge in [0.05, 0.1) is 0 Å². The van der Waals surface area contributed by atoms with Crippen LogP contribution in [0.3, 0.4) is 0 Å². The summed E-state index contributed by atoms with van der Waals surface area (Å²) in [5.74, 6) is 2.10. The van der Waals surface area contributed by atoms with Crippen LogP contribution in [0, 0.1) is 11.7 Å². The minimum Gasteiger partial charge on any atom is -0.439 e. The maximum absolute atomic E-state index is 13.3. The second kappa shape index (κ2) is 8.45. The topological polar surface area (TPSA) is 41.5 Å². The van der Waals surface area contributed by atoms with E-state index in [2.05, 4.69) is 40.5 Å². The van der Waals surface area contributed by atoms with Crippen molar-refractivity contribution in [3.8, 4) is 11.6 Å². The molecule has 140 valence electrons. The standard InChI is InChI=1S/C20H27FN4O/c1-15(2)7-8-24-9-10-25(13-16(24)3)19-12-20(23-14-22-19)26-18-6-4-5-17(21)11-18/h4-6,11-12,14-16H,7-10,13H2,1-3H3. The largest absolute Gasteiger partial charge is 0.439 e. The van der Waals surface area contributed by atoms with Crippen LogP contribution in [0.2, 0.25) is 0 Å². The number of piperazine rings is 1. The number of hydrogen-bond acceptors (Lipinski definition) is 5. The summed E-state index contributed by atoms with van der Waals surface area (Å²) in [5.41, 5.74) is 0. The Balaban J connectivity index is 1.63. The molecule has 0 aliphatic carbocycles. The highest BCUT2D eigenvalue weighted by atomic mass is 19.1. The molecule has 1 aromatic heterocycles. The number of ether oxygens (including phenoxy) is 1. The zero-order valence-electron chi connectivity index (χ0n) is 15.7. The number of nitrogens with zero attached hydrogens (tertiary/aromatic N) is 4. The molecule has 3 rings (SSSR count). The number of aromatic nitrogens is 2. The van der Waals surface area contributed by atoms with E-state index in [1.807, 2.05) is 6.07 Å². The summed E-state index contributed by atoms with van der Waals surface area (Å²) in [4.78, 5) is 13.4. The van der Waals surface area contributed by atoms with Crippen LogP contribution in [-0.4, -0.2) is 47.1 Å². The third kappa shape index (κ3) is 4.91. The fourth-order valence-corrected chi connectivity index (χ4v) is 3.17. The van der Waals surface area contributed by atoms with Gasteiger partial charge in [0, 0.05) is 37.8 Å². The van der Waals surface area contributed by atoms with Crippen molar-refractivity contribution in [2.24, 2.45) is 5.92 Å². The molecule has 0 saturated carbocycles. The van der Waals surface area contributed by atoms with Gasteiger partial charge in [-0.2, -0.15) is 0 Å². The zero-order valence-corrected chi connectivity index (χ0v) is 15.7. The van der Waals surface area contributed by atoms with Crippen LogP contribution in [0.4, 0.5) is 10.2 Å². The molecule has 1 aliphatic heterocycles. The number of anilines is 1. The Kier molecular flexibility index (Phi) is 6.04. The lowest BCUT2D eigenvalue weighted by Crippen LogP contribution is -2.52. The van der Waals surface area contributed by atoms with Gasteiger partial charge in [-0.25, -0.2) is 14.4 Å². The van der Waals surface area contributed by atoms with Gasteiger partial charge in [0.1, 0.15) is 23.7 Å². The molecule has 1 saturated heterocycles. The molecule has 1 atom stereocenters. The second-order valence-corrected chi connectivity index (χ2v) is 7.29. The number of benzene rings is 1. The van der Waals surface area contributed by atoms with Crippen molar-refractivity contribution in [1.29, 1.82) is 0 Å². The Morgan fingerprint density at radius 1 is 1.23 bits per heavy atom. The zero-order chi connectivity index (χ0) is 18.5. The first kappa shape index (κ1) is 18.6. The summed E-state index contributed by atoms with van der Waals surface area (Å²) in [6.45, 7) is 10.8. The fraction of sp³-hybridized carbons (Fsp3) is 0.500. The van der Waals surface area contributed by atoms with E-state index >= 15 is 0 Å². The van der Waals surface area contributed by atoms with E-state index in [9.17, 15) is 4.39 Å². The predicted octanol–water partition coefficient (Wildman–Crippen LogP) is 3.96. The number of halogens is 1. The van der Waals surface area contributed by atoms with Gasteiger partial charge in [0.2, 0.25) is 5.88 Å². The van der Waals surface area contributed by atoms with Gasteiger partial charge >= 0.3 is 0 Å². The molecular weight excluding hydrogens is 331 g/mol. The molecule has 1 aromatic carbocycles. The first-order valence-electron chi connectivity index (χ1n) is 9.25. The third-order valence-electron chi connectivity index (χ3n) is 4.73. The first-order chi connectivity index (χ1) is 12.5. The molecule has 2 aromatic rings. The van der Waals surface area contributed by atoms with E-state index in [0.29, 0.717) is 17.7 Å². The van der Waals surface area contributed by atoms with Crippen molar-refractivity contribution in [2.45, 2.75) is 33.2 Å². The van der Waals surface area contributed by atoms with Crippen molar-refractivity contribution in [3.05, 3.63) is 42.5 Å². The van der Waals surface area contributed by atoms with Gasteiger partial charge in [0.15, 0.2) is 0 Å². The van der Waals surface area contributed by atoms with Crippen LogP contribution in [0.25, 0.3) is 0 Å². The molecule has 0 spiro atoms. The van der Waals surface area contributed by atoms with Crippen molar-refractivity contribution in [1.82, 2.24) is 14.9 Å². The molecule has 1 unspecified atom stereocenters. The molecule has 5 nitrogen and oxygen atoms in total. The Morgan fingerprint density at radius 2 is 2.08 bits per heavy atom. The lowest BCUT2D eigenvalue weighted by Gasteiger charge is -2.40. The summed E-state index contributed by atoms with van der Waals surface area (Å²) in [5, 5.41) is 0. The maximum atomic E-state index is 13.3. The second-order valence-electron chi connectivity index (χ2n) is 7.29. The monoisotopic (exact) mass is 358 g/mol. The molecule has 0 amide bonds. The maximum Gasteiger partial charge on any atom is 0.224 e. The molecule has 1 fully saturated rings. The molecule has 0 N–H and O–H groups in total. The average molecular weight is 358 g/mol. The Labute approximate surface area is 154 Å². The first-order valence-corrected chi connectivity index (χ1v) is 9.25. The van der Waals surface area contributed by atoms with Gasteiger partial charge < -0.3 is 9.64 Å². The third-order valence-corrected chi connectivity index (χ3v) is 4.73. The Morgan fingerprint density at radius 3 is 2.81 bits per heavy atom. The normalized spacial score (nSPS) is 18.3. The molecule has 0 bridgehead atoms. The van der Waals surface area contributed by atoms with Gasteiger partial charge in [-0.1, -0.05) is 19.9 Å². The van der Waals surface area contributed by atoms with Crippen LogP contribution in [0.15, 0.2) is 36.7 Å². The summed E-state index contributed by atoms with van der Waals surface area (Å²) in [6, 6.07) is 8.35. The van der Waals surface area contributed by atoms with Gasteiger partial charge in [-0.15, -0.1) is 0 Å². The minimum absolute atomic E-state index is 0.330. The van der Waals surface area contributed by atoms with Gasteiger partial charge in [0.25, 0.3) is 0 Å². The summed E-state index contributed by atoms with van der Waals surface area (Å²) in [7, 11) is 0. The quantitative estimate of drug-likeness (QED) is 0.782. The molecule has 0 radical (unpaired) electrons. The highest BCUT2D eigenvalue weighted by molar-refractivity contribution is 5.42. The molecule has 6 heteroatoms. The average Bonchev–Trinajstić information content (AvgIpc) is 2.61. The fourth-order valence-electron chi connectivity index (χ4n) is 3.17. The highest BCUT2D eigenvalue weighted by Crippen LogP contribution is 2.24. The van der Waals surface area contributed by atoms with E-state index in [-0.39, 0.29) is 5.82 Å². The van der Waals surface area contributed by atoms with Crippen molar-refractivity contribution in [2.75, 3.05) is 31.1 Å². The lowest BCUT2D eigenvalue weighted by molar-refractivity contribution is 0.179. The van der Waals surface area contributed by atoms with Gasteiger partial charge in [-0.05, 0) is 37.9 Å². The highest BCUT2D eigenvalue weighted by Gasteiger charge is 2.24. The van der Waals surface area contributed by atoms with Crippen molar-refractivity contribution >= 4 is 5.82 Å². The minimum atomic E-state index is -0.330. The SMILES string of the molecule is CC(C)CCN1CCN(c2cc(Oc3cccc(F)c3)ncn2)CC1C. The molecule has 26 heavy (non-hydrogen) atoms. The van der Waals surface area contributed by atoms with E-state index < -0.39 is 0 Å². The Bertz CT molecular complexity index is 724. The van der Waals surface area contributed by atoms with Crippen molar-refractivity contribution < 1.29 is 9.13 Å². The van der Waals surface area contributed by atoms with E-state index in [4.69, 9.17) is 4.74 Å². The number of hydrogen-bond donors (Lipinski definition) is 0. The van der Waals surface area contributed by atoms with E-state index in [1.165, 1.54) is 24.9 Å². The summed E-state index contributed by atoms with van der Waals surface area (Å²) < 4.78 is 19.0. The van der Waals surface area contributed by atoms with Crippen LogP contribution in [-0.2, 0) is 0 Å². The lowest BCUT2D eigenvalue weighted by atomic mass is 10.1. The van der Waals surface area contributed by atoms with Crippen LogP contribution in [0.1, 0.15) is 27.2 Å². The van der Waals surface area contributed by atoms with Crippen molar-refractivity contribution in [3.63, 3.8) is 0 Å². The smallest absolute Gasteiger partial charge is 0.224 e. The molecule has 1 aliphatic rings. The van der Waals surface area contributed by atoms with Gasteiger partial charge in [-0.3, -0.25) is 4.90 Å². The summed E-state index contributed by atoms with van der Waals surface area (Å²) in [6.07, 6.45) is 2.73. The van der Waals surface area contributed by atoms with Crippen LogP contribution < -0.4 is 9.64 Å². The number of rotatable bonds is 6. The van der Waals surface area contributed by atoms with E-state index in [0.717, 1.165) is 37.9 Å². The Hall–Kier alpha value is -2.21. The van der Waals surface area contributed by atoms with Crippen LogP contribution in [0.5, 0.6) is 11.6 Å².